The first-order valence-corrected chi connectivity index (χ1v) is 6.20. The van der Waals surface area contributed by atoms with Gasteiger partial charge >= 0.3 is 0 Å². The maximum Gasteiger partial charge on any atom is 0.108 e. The topological polar surface area (TPSA) is 45.1 Å². The lowest BCUT2D eigenvalue weighted by Gasteiger charge is -2.11. The molecule has 18 heavy (non-hydrogen) atoms. The largest absolute Gasteiger partial charge is 0.385 e. The normalized spacial score (nSPS) is 12.3. The molecule has 2 N–H and O–H groups in total. The van der Waals surface area contributed by atoms with E-state index in [0.29, 0.717) is 12.2 Å². The number of rotatable bonds is 6. The van der Waals surface area contributed by atoms with Crippen molar-refractivity contribution in [3.05, 3.63) is 66.0 Å². The van der Waals surface area contributed by atoms with E-state index in [1.165, 1.54) is 5.56 Å². The van der Waals surface area contributed by atoms with Gasteiger partial charge in [-0.05, 0) is 30.7 Å². The predicted molar refractivity (Wildman–Crippen MR) is 72.2 cm³/mol. The summed E-state index contributed by atoms with van der Waals surface area (Å²) < 4.78 is 0. The van der Waals surface area contributed by atoms with Crippen LogP contribution in [0.5, 0.6) is 0 Å². The molecular formula is C15H18N2O. The van der Waals surface area contributed by atoms with Gasteiger partial charge in [0.05, 0.1) is 5.69 Å². The van der Waals surface area contributed by atoms with Crippen LogP contribution in [0.15, 0.2) is 54.7 Å². The summed E-state index contributed by atoms with van der Waals surface area (Å²) >= 11 is 0. The lowest BCUT2D eigenvalue weighted by atomic mass is 10.1. The van der Waals surface area contributed by atoms with Gasteiger partial charge < -0.3 is 10.4 Å². The fourth-order valence-electron chi connectivity index (χ4n) is 1.79. The molecular weight excluding hydrogens is 224 g/mol. The number of aromatic nitrogens is 1. The first kappa shape index (κ1) is 12.7. The zero-order valence-corrected chi connectivity index (χ0v) is 10.3. The molecule has 3 nitrogen and oxygen atoms in total. The zero-order chi connectivity index (χ0) is 12.6. The van der Waals surface area contributed by atoms with Crippen LogP contribution in [-0.4, -0.2) is 23.2 Å². The molecule has 0 amide bonds. The maximum absolute atomic E-state index is 9.89. The third-order valence-corrected chi connectivity index (χ3v) is 2.80. The first-order chi connectivity index (χ1) is 8.86. The average Bonchev–Trinajstić information content (AvgIpc) is 2.45. The molecule has 1 aromatic carbocycles. The van der Waals surface area contributed by atoms with Crippen LogP contribution in [0.1, 0.15) is 17.4 Å². The second kappa shape index (κ2) is 6.89. The van der Waals surface area contributed by atoms with Gasteiger partial charge in [-0.2, -0.15) is 0 Å². The van der Waals surface area contributed by atoms with E-state index in [4.69, 9.17) is 0 Å². The molecule has 1 unspecified atom stereocenters. The molecule has 2 aromatic rings. The Hall–Kier alpha value is -1.71. The van der Waals surface area contributed by atoms with Crippen molar-refractivity contribution in [3.8, 4) is 0 Å². The van der Waals surface area contributed by atoms with E-state index in [2.05, 4.69) is 22.4 Å². The third-order valence-electron chi connectivity index (χ3n) is 2.80. The van der Waals surface area contributed by atoms with Gasteiger partial charge in [-0.15, -0.1) is 0 Å². The SMILES string of the molecule is OC(CNCCc1ccccc1)c1ccccn1. The Morgan fingerprint density at radius 1 is 1.06 bits per heavy atom. The Kier molecular flexibility index (Phi) is 4.88. The molecule has 0 aliphatic heterocycles. The van der Waals surface area contributed by atoms with Gasteiger partial charge in [0.25, 0.3) is 0 Å². The molecule has 1 atom stereocenters. The molecule has 1 aromatic heterocycles. The highest BCUT2D eigenvalue weighted by Gasteiger charge is 2.06. The van der Waals surface area contributed by atoms with Gasteiger partial charge in [-0.3, -0.25) is 4.98 Å². The summed E-state index contributed by atoms with van der Waals surface area (Å²) in [5, 5.41) is 13.1. The highest BCUT2D eigenvalue weighted by Crippen LogP contribution is 2.07. The quantitative estimate of drug-likeness (QED) is 0.761. The number of aliphatic hydroxyl groups is 1. The number of nitrogens with one attached hydrogen (secondary N) is 1. The lowest BCUT2D eigenvalue weighted by molar-refractivity contribution is 0.170. The summed E-state index contributed by atoms with van der Waals surface area (Å²) in [6.45, 7) is 1.39. The van der Waals surface area contributed by atoms with Crippen molar-refractivity contribution in [1.82, 2.24) is 10.3 Å². The predicted octanol–water partition coefficient (Wildman–Crippen LogP) is 1.95. The Labute approximate surface area is 108 Å². The molecule has 1 heterocycles. The van der Waals surface area contributed by atoms with Crippen molar-refractivity contribution >= 4 is 0 Å². The van der Waals surface area contributed by atoms with Crippen LogP contribution in [-0.2, 0) is 6.42 Å². The second-order valence-corrected chi connectivity index (χ2v) is 4.21. The minimum absolute atomic E-state index is 0.532. The van der Waals surface area contributed by atoms with Crippen LogP contribution in [0.2, 0.25) is 0 Å². The van der Waals surface area contributed by atoms with E-state index in [9.17, 15) is 5.11 Å². The average molecular weight is 242 g/mol. The van der Waals surface area contributed by atoms with Crippen LogP contribution < -0.4 is 5.32 Å². The van der Waals surface area contributed by atoms with E-state index < -0.39 is 6.10 Å². The van der Waals surface area contributed by atoms with Crippen molar-refractivity contribution in [1.29, 1.82) is 0 Å². The highest BCUT2D eigenvalue weighted by molar-refractivity contribution is 5.14. The minimum Gasteiger partial charge on any atom is -0.385 e. The Bertz CT molecular complexity index is 445. The number of pyridine rings is 1. The molecule has 0 aliphatic rings. The van der Waals surface area contributed by atoms with Crippen molar-refractivity contribution in [2.45, 2.75) is 12.5 Å². The van der Waals surface area contributed by atoms with E-state index >= 15 is 0 Å². The summed E-state index contributed by atoms with van der Waals surface area (Å²) in [4.78, 5) is 4.13. The van der Waals surface area contributed by atoms with E-state index in [1.807, 2.05) is 36.4 Å². The first-order valence-electron chi connectivity index (χ1n) is 6.20. The van der Waals surface area contributed by atoms with E-state index in [0.717, 1.165) is 13.0 Å². The number of hydrogen-bond acceptors (Lipinski definition) is 3. The van der Waals surface area contributed by atoms with Crippen molar-refractivity contribution in [2.75, 3.05) is 13.1 Å². The number of hydrogen-bond donors (Lipinski definition) is 2. The minimum atomic E-state index is -0.540. The standard InChI is InChI=1S/C15H18N2O/c18-15(14-8-4-5-10-17-14)12-16-11-9-13-6-2-1-3-7-13/h1-8,10,15-16,18H,9,11-12H2. The molecule has 3 heteroatoms. The maximum atomic E-state index is 9.89. The Morgan fingerprint density at radius 3 is 2.56 bits per heavy atom. The van der Waals surface area contributed by atoms with Gasteiger partial charge in [-0.1, -0.05) is 36.4 Å². The van der Waals surface area contributed by atoms with E-state index in [-0.39, 0.29) is 0 Å². The molecule has 0 saturated heterocycles. The van der Waals surface area contributed by atoms with Crippen LogP contribution >= 0.6 is 0 Å². The molecule has 0 spiro atoms. The van der Waals surface area contributed by atoms with Crippen LogP contribution in [0, 0.1) is 0 Å². The Morgan fingerprint density at radius 2 is 1.83 bits per heavy atom. The van der Waals surface area contributed by atoms with Gasteiger partial charge in [0.2, 0.25) is 0 Å². The number of aliphatic hydroxyl groups excluding tert-OH is 1. The van der Waals surface area contributed by atoms with Crippen molar-refractivity contribution in [3.63, 3.8) is 0 Å². The van der Waals surface area contributed by atoms with E-state index in [1.54, 1.807) is 6.20 Å². The third kappa shape index (κ3) is 3.95. The molecule has 0 radical (unpaired) electrons. The number of nitrogens with zero attached hydrogens (tertiary/aromatic N) is 1. The monoisotopic (exact) mass is 242 g/mol. The molecule has 0 saturated carbocycles. The van der Waals surface area contributed by atoms with Gasteiger partial charge in [-0.25, -0.2) is 0 Å². The van der Waals surface area contributed by atoms with Gasteiger partial charge in [0, 0.05) is 12.7 Å². The van der Waals surface area contributed by atoms with Crippen molar-refractivity contribution < 1.29 is 5.11 Å². The second-order valence-electron chi connectivity index (χ2n) is 4.21. The molecule has 0 aliphatic carbocycles. The molecule has 2 rings (SSSR count). The van der Waals surface area contributed by atoms with Crippen LogP contribution in [0.25, 0.3) is 0 Å². The smallest absolute Gasteiger partial charge is 0.108 e. The zero-order valence-electron chi connectivity index (χ0n) is 10.3. The summed E-state index contributed by atoms with van der Waals surface area (Å²) in [5.41, 5.74) is 2.02. The van der Waals surface area contributed by atoms with Crippen molar-refractivity contribution in [2.24, 2.45) is 0 Å². The van der Waals surface area contributed by atoms with Gasteiger partial charge in [0.15, 0.2) is 0 Å². The Balaban J connectivity index is 1.70. The van der Waals surface area contributed by atoms with Gasteiger partial charge in [0.1, 0.15) is 6.10 Å². The number of benzene rings is 1. The summed E-state index contributed by atoms with van der Waals surface area (Å²) in [6.07, 6.45) is 2.13. The molecule has 94 valence electrons. The summed E-state index contributed by atoms with van der Waals surface area (Å²) in [6, 6.07) is 15.9. The summed E-state index contributed by atoms with van der Waals surface area (Å²) in [5.74, 6) is 0. The highest BCUT2D eigenvalue weighted by atomic mass is 16.3. The van der Waals surface area contributed by atoms with Crippen LogP contribution in [0.4, 0.5) is 0 Å². The molecule has 0 fully saturated rings. The van der Waals surface area contributed by atoms with Crippen LogP contribution in [0.3, 0.4) is 0 Å². The molecule has 0 bridgehead atoms. The fraction of sp³-hybridized carbons (Fsp3) is 0.267. The summed E-state index contributed by atoms with van der Waals surface area (Å²) in [7, 11) is 0. The fourth-order valence-corrected chi connectivity index (χ4v) is 1.79. The lowest BCUT2D eigenvalue weighted by Crippen LogP contribution is -2.24.